The SMILES string of the molecule is CNC(=O)c1cc(Oc2ccc3c(c2)nc(NCc2ccc(C)cc2)n3C)ccn1. The van der Waals surface area contributed by atoms with E-state index in [0.717, 1.165) is 17.0 Å². The average Bonchev–Trinajstić information content (AvgIpc) is 3.08. The Morgan fingerprint density at radius 2 is 1.83 bits per heavy atom. The topological polar surface area (TPSA) is 81.1 Å². The second kappa shape index (κ2) is 8.24. The lowest BCUT2D eigenvalue weighted by molar-refractivity contribution is 0.0958. The first-order chi connectivity index (χ1) is 14.5. The monoisotopic (exact) mass is 401 g/mol. The van der Waals surface area contributed by atoms with Crippen LogP contribution in [0.25, 0.3) is 11.0 Å². The quantitative estimate of drug-likeness (QED) is 0.510. The van der Waals surface area contributed by atoms with E-state index in [2.05, 4.69) is 46.8 Å². The van der Waals surface area contributed by atoms with E-state index in [1.54, 1.807) is 25.4 Å². The highest BCUT2D eigenvalue weighted by Gasteiger charge is 2.11. The summed E-state index contributed by atoms with van der Waals surface area (Å²) in [5, 5.41) is 5.95. The summed E-state index contributed by atoms with van der Waals surface area (Å²) in [6.07, 6.45) is 1.55. The van der Waals surface area contributed by atoms with Gasteiger partial charge in [0, 0.05) is 39.0 Å². The average molecular weight is 401 g/mol. The van der Waals surface area contributed by atoms with Crippen LogP contribution in [0, 0.1) is 6.92 Å². The third kappa shape index (κ3) is 4.10. The van der Waals surface area contributed by atoms with E-state index in [1.807, 2.05) is 29.8 Å². The first kappa shape index (κ1) is 19.4. The molecule has 7 heteroatoms. The number of imidazole rings is 1. The molecule has 4 aromatic rings. The fraction of sp³-hybridized carbons (Fsp3) is 0.174. The number of fused-ring (bicyclic) bond motifs is 1. The summed E-state index contributed by atoms with van der Waals surface area (Å²) in [6.45, 7) is 2.77. The molecular formula is C23H23N5O2. The molecule has 4 rings (SSSR count). The molecule has 0 unspecified atom stereocenters. The lowest BCUT2D eigenvalue weighted by Crippen LogP contribution is -2.18. The number of carbonyl (C=O) groups is 1. The van der Waals surface area contributed by atoms with Crippen LogP contribution in [-0.4, -0.2) is 27.5 Å². The molecule has 152 valence electrons. The highest BCUT2D eigenvalue weighted by atomic mass is 16.5. The molecule has 0 bridgehead atoms. The Balaban J connectivity index is 1.53. The zero-order valence-corrected chi connectivity index (χ0v) is 17.1. The van der Waals surface area contributed by atoms with Crippen molar-refractivity contribution >= 4 is 22.9 Å². The van der Waals surface area contributed by atoms with E-state index in [9.17, 15) is 4.79 Å². The highest BCUT2D eigenvalue weighted by molar-refractivity contribution is 5.92. The van der Waals surface area contributed by atoms with Gasteiger partial charge in [-0.15, -0.1) is 0 Å². The standard InChI is InChI=1S/C23H23N5O2/c1-15-4-6-16(7-5-15)14-26-23-27-19-12-17(8-9-21(19)28(23)3)30-18-10-11-25-20(13-18)22(29)24-2/h4-13H,14H2,1-3H3,(H,24,29)(H,26,27). The van der Waals surface area contributed by atoms with Crippen molar-refractivity contribution in [3.8, 4) is 11.5 Å². The van der Waals surface area contributed by atoms with Gasteiger partial charge in [-0.1, -0.05) is 29.8 Å². The van der Waals surface area contributed by atoms with E-state index in [4.69, 9.17) is 9.72 Å². The number of nitrogens with one attached hydrogen (secondary N) is 2. The number of nitrogens with zero attached hydrogens (tertiary/aromatic N) is 3. The molecular weight excluding hydrogens is 378 g/mol. The van der Waals surface area contributed by atoms with Gasteiger partial charge >= 0.3 is 0 Å². The number of hydrogen-bond donors (Lipinski definition) is 2. The van der Waals surface area contributed by atoms with Crippen LogP contribution in [-0.2, 0) is 13.6 Å². The van der Waals surface area contributed by atoms with Gasteiger partial charge in [-0.3, -0.25) is 9.78 Å². The van der Waals surface area contributed by atoms with Gasteiger partial charge in [-0.2, -0.15) is 0 Å². The molecule has 0 atom stereocenters. The van der Waals surface area contributed by atoms with Gasteiger partial charge in [0.1, 0.15) is 17.2 Å². The Hall–Kier alpha value is -3.87. The molecule has 0 aliphatic rings. The van der Waals surface area contributed by atoms with Crippen molar-refractivity contribution in [2.45, 2.75) is 13.5 Å². The van der Waals surface area contributed by atoms with Crippen LogP contribution in [0.4, 0.5) is 5.95 Å². The molecule has 2 N–H and O–H groups in total. The number of amides is 1. The molecule has 2 aromatic heterocycles. The minimum atomic E-state index is -0.259. The fourth-order valence-electron chi connectivity index (χ4n) is 3.15. The van der Waals surface area contributed by atoms with Crippen molar-refractivity contribution in [3.63, 3.8) is 0 Å². The molecule has 30 heavy (non-hydrogen) atoms. The minimum absolute atomic E-state index is 0.259. The van der Waals surface area contributed by atoms with Gasteiger partial charge in [0.05, 0.1) is 11.0 Å². The number of carbonyl (C=O) groups excluding carboxylic acids is 1. The van der Waals surface area contributed by atoms with Crippen molar-refractivity contribution < 1.29 is 9.53 Å². The fourth-order valence-corrected chi connectivity index (χ4v) is 3.15. The molecule has 1 amide bonds. The van der Waals surface area contributed by atoms with Gasteiger partial charge in [0.25, 0.3) is 5.91 Å². The summed E-state index contributed by atoms with van der Waals surface area (Å²) in [5.41, 5.74) is 4.56. The normalized spacial score (nSPS) is 10.8. The second-order valence-corrected chi connectivity index (χ2v) is 7.04. The van der Waals surface area contributed by atoms with Gasteiger partial charge in [0.2, 0.25) is 5.95 Å². The Bertz CT molecular complexity index is 1200. The van der Waals surface area contributed by atoms with Crippen LogP contribution >= 0.6 is 0 Å². The molecule has 0 spiro atoms. The van der Waals surface area contributed by atoms with Gasteiger partial charge in [-0.25, -0.2) is 4.98 Å². The van der Waals surface area contributed by atoms with Crippen LogP contribution in [0.1, 0.15) is 21.6 Å². The van der Waals surface area contributed by atoms with Crippen LogP contribution in [0.3, 0.4) is 0 Å². The van der Waals surface area contributed by atoms with E-state index >= 15 is 0 Å². The molecule has 0 aliphatic heterocycles. The molecule has 0 radical (unpaired) electrons. The maximum Gasteiger partial charge on any atom is 0.269 e. The molecule has 0 saturated carbocycles. The predicted molar refractivity (Wildman–Crippen MR) is 117 cm³/mol. The van der Waals surface area contributed by atoms with Crippen LogP contribution in [0.15, 0.2) is 60.8 Å². The van der Waals surface area contributed by atoms with E-state index in [1.165, 1.54) is 11.1 Å². The summed E-state index contributed by atoms with van der Waals surface area (Å²) < 4.78 is 7.94. The zero-order valence-electron chi connectivity index (χ0n) is 17.1. The number of aryl methyl sites for hydroxylation is 2. The third-order valence-electron chi connectivity index (χ3n) is 4.85. The minimum Gasteiger partial charge on any atom is -0.457 e. The molecule has 0 fully saturated rings. The molecule has 2 heterocycles. The Labute approximate surface area is 174 Å². The van der Waals surface area contributed by atoms with Crippen molar-refractivity contribution in [3.05, 3.63) is 77.6 Å². The maximum absolute atomic E-state index is 11.8. The summed E-state index contributed by atoms with van der Waals surface area (Å²) in [5.74, 6) is 1.70. The van der Waals surface area contributed by atoms with Crippen molar-refractivity contribution in [2.24, 2.45) is 7.05 Å². The zero-order chi connectivity index (χ0) is 21.1. The number of ether oxygens (including phenoxy) is 1. The third-order valence-corrected chi connectivity index (χ3v) is 4.85. The highest BCUT2D eigenvalue weighted by Crippen LogP contribution is 2.27. The van der Waals surface area contributed by atoms with Gasteiger partial charge < -0.3 is 19.9 Å². The summed E-state index contributed by atoms with van der Waals surface area (Å²) in [6, 6.07) is 17.5. The first-order valence-electron chi connectivity index (χ1n) is 9.65. The molecule has 0 aliphatic carbocycles. The summed E-state index contributed by atoms with van der Waals surface area (Å²) in [7, 11) is 3.54. The summed E-state index contributed by atoms with van der Waals surface area (Å²) >= 11 is 0. The van der Waals surface area contributed by atoms with Crippen LogP contribution < -0.4 is 15.4 Å². The maximum atomic E-state index is 11.8. The van der Waals surface area contributed by atoms with E-state index in [0.29, 0.717) is 23.7 Å². The second-order valence-electron chi connectivity index (χ2n) is 7.04. The van der Waals surface area contributed by atoms with Gasteiger partial charge in [-0.05, 0) is 30.7 Å². The van der Waals surface area contributed by atoms with Crippen molar-refractivity contribution in [2.75, 3.05) is 12.4 Å². The lowest BCUT2D eigenvalue weighted by atomic mass is 10.1. The lowest BCUT2D eigenvalue weighted by Gasteiger charge is -2.07. The number of hydrogen-bond acceptors (Lipinski definition) is 5. The number of rotatable bonds is 6. The van der Waals surface area contributed by atoms with Crippen LogP contribution in [0.5, 0.6) is 11.5 Å². The van der Waals surface area contributed by atoms with Crippen molar-refractivity contribution in [1.29, 1.82) is 0 Å². The van der Waals surface area contributed by atoms with E-state index < -0.39 is 0 Å². The Kier molecular flexibility index (Phi) is 5.34. The Morgan fingerprint density at radius 3 is 2.60 bits per heavy atom. The number of anilines is 1. The molecule has 2 aromatic carbocycles. The largest absolute Gasteiger partial charge is 0.457 e. The van der Waals surface area contributed by atoms with Gasteiger partial charge in [0.15, 0.2) is 0 Å². The van der Waals surface area contributed by atoms with E-state index in [-0.39, 0.29) is 5.91 Å². The number of pyridine rings is 1. The Morgan fingerprint density at radius 1 is 1.07 bits per heavy atom. The van der Waals surface area contributed by atoms with Crippen molar-refractivity contribution in [1.82, 2.24) is 19.9 Å². The molecule has 0 saturated heterocycles. The summed E-state index contributed by atoms with van der Waals surface area (Å²) in [4.78, 5) is 20.5. The number of benzene rings is 2. The number of aromatic nitrogens is 3. The smallest absolute Gasteiger partial charge is 0.269 e. The molecule has 7 nitrogen and oxygen atoms in total. The van der Waals surface area contributed by atoms with Crippen LogP contribution in [0.2, 0.25) is 0 Å². The first-order valence-corrected chi connectivity index (χ1v) is 9.65. The predicted octanol–water partition coefficient (Wildman–Crippen LogP) is 4.04.